The predicted molar refractivity (Wildman–Crippen MR) is 51.4 cm³/mol. The van der Waals surface area contributed by atoms with Crippen molar-refractivity contribution in [1.82, 2.24) is 10.2 Å². The molecule has 74 valence electrons. The fourth-order valence-corrected chi connectivity index (χ4v) is 1.98. The summed E-state index contributed by atoms with van der Waals surface area (Å²) in [6.45, 7) is 2.02. The number of hydrogen-bond acceptors (Lipinski definition) is 2. The number of carbonyl (C=O) groups is 1. The van der Waals surface area contributed by atoms with Crippen LogP contribution in [0.2, 0.25) is 0 Å². The van der Waals surface area contributed by atoms with Crippen molar-refractivity contribution < 1.29 is 4.79 Å². The topological polar surface area (TPSA) is 32.3 Å². The zero-order valence-electron chi connectivity index (χ0n) is 8.25. The lowest BCUT2D eigenvalue weighted by molar-refractivity contribution is -0.131. The summed E-state index contributed by atoms with van der Waals surface area (Å²) in [5.74, 6) is 0.722. The smallest absolute Gasteiger partial charge is 0.225 e. The van der Waals surface area contributed by atoms with Crippen molar-refractivity contribution >= 4 is 5.91 Å². The molecule has 3 nitrogen and oxygen atoms in total. The summed E-state index contributed by atoms with van der Waals surface area (Å²) >= 11 is 0. The van der Waals surface area contributed by atoms with Gasteiger partial charge in [-0.2, -0.15) is 0 Å². The van der Waals surface area contributed by atoms with Gasteiger partial charge in [0.15, 0.2) is 0 Å². The van der Waals surface area contributed by atoms with Gasteiger partial charge in [0.05, 0.1) is 0 Å². The van der Waals surface area contributed by atoms with E-state index in [1.165, 1.54) is 12.8 Å². The number of hydrogen-bond donors (Lipinski definition) is 1. The Labute approximate surface area is 79.5 Å². The maximum absolute atomic E-state index is 11.6. The number of rotatable bonds is 3. The Bertz CT molecular complexity index is 195. The largest absolute Gasteiger partial charge is 0.344 e. The molecule has 2 rings (SSSR count). The molecule has 1 N–H and O–H groups in total. The molecular weight excluding hydrogens is 164 g/mol. The van der Waals surface area contributed by atoms with Crippen molar-refractivity contribution in [2.75, 3.05) is 20.1 Å². The fraction of sp³-hybridized carbons (Fsp3) is 0.900. The minimum Gasteiger partial charge on any atom is -0.344 e. The van der Waals surface area contributed by atoms with Gasteiger partial charge in [0.25, 0.3) is 0 Å². The van der Waals surface area contributed by atoms with Gasteiger partial charge in [0.2, 0.25) is 5.91 Å². The highest BCUT2D eigenvalue weighted by atomic mass is 16.2. The molecule has 0 aromatic carbocycles. The first-order valence-electron chi connectivity index (χ1n) is 5.26. The third-order valence-corrected chi connectivity index (χ3v) is 2.96. The number of nitrogens with zero attached hydrogens (tertiary/aromatic N) is 1. The van der Waals surface area contributed by atoms with Crippen molar-refractivity contribution in [3.8, 4) is 0 Å². The molecule has 2 aliphatic rings. The van der Waals surface area contributed by atoms with Crippen LogP contribution in [-0.2, 0) is 4.79 Å². The van der Waals surface area contributed by atoms with Crippen LogP contribution in [0.5, 0.6) is 0 Å². The molecule has 0 radical (unpaired) electrons. The van der Waals surface area contributed by atoms with Gasteiger partial charge in [-0.15, -0.1) is 0 Å². The Morgan fingerprint density at radius 1 is 1.46 bits per heavy atom. The van der Waals surface area contributed by atoms with Gasteiger partial charge in [-0.25, -0.2) is 0 Å². The lowest BCUT2D eigenvalue weighted by atomic mass is 10.2. The van der Waals surface area contributed by atoms with Crippen molar-refractivity contribution in [3.63, 3.8) is 0 Å². The van der Waals surface area contributed by atoms with E-state index in [-0.39, 0.29) is 0 Å². The maximum Gasteiger partial charge on any atom is 0.225 e. The van der Waals surface area contributed by atoms with E-state index in [1.807, 2.05) is 11.9 Å². The van der Waals surface area contributed by atoms with Crippen LogP contribution >= 0.6 is 0 Å². The Balaban J connectivity index is 1.75. The molecule has 1 heterocycles. The Morgan fingerprint density at radius 2 is 2.23 bits per heavy atom. The molecule has 0 aromatic rings. The molecule has 1 aliphatic carbocycles. The van der Waals surface area contributed by atoms with Gasteiger partial charge < -0.3 is 10.2 Å². The van der Waals surface area contributed by atoms with Gasteiger partial charge in [-0.1, -0.05) is 0 Å². The fourth-order valence-electron chi connectivity index (χ4n) is 1.98. The van der Waals surface area contributed by atoms with Crippen molar-refractivity contribution in [2.45, 2.75) is 31.7 Å². The van der Waals surface area contributed by atoms with Crippen molar-refractivity contribution in [3.05, 3.63) is 0 Å². The minimum absolute atomic E-state index is 0.355. The highest BCUT2D eigenvalue weighted by Crippen LogP contribution is 2.30. The first-order valence-corrected chi connectivity index (χ1v) is 5.26. The minimum atomic E-state index is 0.355. The number of likely N-dealkylation sites (N-methyl/N-ethyl adjacent to an activating group) is 1. The van der Waals surface area contributed by atoms with Gasteiger partial charge in [0, 0.05) is 25.6 Å². The zero-order valence-corrected chi connectivity index (χ0v) is 8.25. The Morgan fingerprint density at radius 3 is 2.77 bits per heavy atom. The molecular formula is C10H18N2O. The van der Waals surface area contributed by atoms with Gasteiger partial charge in [-0.3, -0.25) is 4.79 Å². The van der Waals surface area contributed by atoms with Crippen molar-refractivity contribution in [2.24, 2.45) is 5.92 Å². The molecule has 1 amide bonds. The summed E-state index contributed by atoms with van der Waals surface area (Å²) in [5.41, 5.74) is 0. The SMILES string of the molecule is CN(C[C@@H]1CCCN1)C(=O)C1CC1. The van der Waals surface area contributed by atoms with E-state index < -0.39 is 0 Å². The third-order valence-electron chi connectivity index (χ3n) is 2.96. The van der Waals surface area contributed by atoms with Crippen LogP contribution in [0.4, 0.5) is 0 Å². The average Bonchev–Trinajstić information content (AvgIpc) is 2.85. The second kappa shape index (κ2) is 3.66. The summed E-state index contributed by atoms with van der Waals surface area (Å²) in [6.07, 6.45) is 4.71. The van der Waals surface area contributed by atoms with Crippen molar-refractivity contribution in [1.29, 1.82) is 0 Å². The third kappa shape index (κ3) is 2.21. The van der Waals surface area contributed by atoms with E-state index in [2.05, 4.69) is 5.32 Å². The highest BCUT2D eigenvalue weighted by Gasteiger charge is 2.32. The van der Waals surface area contributed by atoms with E-state index in [0.29, 0.717) is 17.9 Å². The molecule has 1 saturated heterocycles. The molecule has 0 spiro atoms. The van der Waals surface area contributed by atoms with Gasteiger partial charge in [0.1, 0.15) is 0 Å². The molecule has 2 fully saturated rings. The highest BCUT2D eigenvalue weighted by molar-refractivity contribution is 5.80. The molecule has 3 heteroatoms. The van der Waals surface area contributed by atoms with Crippen LogP contribution in [0.3, 0.4) is 0 Å². The number of amides is 1. The summed E-state index contributed by atoms with van der Waals surface area (Å²) in [4.78, 5) is 13.5. The lowest BCUT2D eigenvalue weighted by Crippen LogP contribution is -2.39. The van der Waals surface area contributed by atoms with Crippen LogP contribution in [0.15, 0.2) is 0 Å². The molecule has 0 unspecified atom stereocenters. The zero-order chi connectivity index (χ0) is 9.26. The van der Waals surface area contributed by atoms with Gasteiger partial charge in [-0.05, 0) is 32.2 Å². The second-order valence-corrected chi connectivity index (χ2v) is 4.29. The standard InChI is InChI=1S/C10H18N2O/c1-12(10(13)8-4-5-8)7-9-3-2-6-11-9/h8-9,11H,2-7H2,1H3/t9-/m0/s1. The molecule has 0 aromatic heterocycles. The quantitative estimate of drug-likeness (QED) is 0.693. The van der Waals surface area contributed by atoms with Gasteiger partial charge >= 0.3 is 0 Å². The predicted octanol–water partition coefficient (Wildman–Crippen LogP) is 0.607. The molecule has 1 atom stereocenters. The van der Waals surface area contributed by atoms with E-state index in [1.54, 1.807) is 0 Å². The summed E-state index contributed by atoms with van der Waals surface area (Å²) in [6, 6.07) is 0.549. The average molecular weight is 182 g/mol. The Kier molecular flexibility index (Phi) is 2.54. The van der Waals surface area contributed by atoms with Crippen LogP contribution in [0, 0.1) is 5.92 Å². The second-order valence-electron chi connectivity index (χ2n) is 4.29. The molecule has 1 saturated carbocycles. The lowest BCUT2D eigenvalue weighted by Gasteiger charge is -2.21. The van der Waals surface area contributed by atoms with E-state index in [9.17, 15) is 4.79 Å². The van der Waals surface area contributed by atoms with Crippen LogP contribution < -0.4 is 5.32 Å². The summed E-state index contributed by atoms with van der Waals surface area (Å²) in [5, 5.41) is 3.41. The Hall–Kier alpha value is -0.570. The van der Waals surface area contributed by atoms with Crippen LogP contribution in [0.1, 0.15) is 25.7 Å². The van der Waals surface area contributed by atoms with Crippen LogP contribution in [-0.4, -0.2) is 37.0 Å². The summed E-state index contributed by atoms with van der Waals surface area (Å²) < 4.78 is 0. The molecule has 1 aliphatic heterocycles. The van der Waals surface area contributed by atoms with E-state index in [4.69, 9.17) is 0 Å². The van der Waals surface area contributed by atoms with E-state index in [0.717, 1.165) is 25.9 Å². The number of nitrogens with one attached hydrogen (secondary N) is 1. The molecule has 0 bridgehead atoms. The van der Waals surface area contributed by atoms with E-state index >= 15 is 0 Å². The monoisotopic (exact) mass is 182 g/mol. The maximum atomic E-state index is 11.6. The number of carbonyl (C=O) groups excluding carboxylic acids is 1. The summed E-state index contributed by atoms with van der Waals surface area (Å²) in [7, 11) is 1.93. The first-order chi connectivity index (χ1) is 6.27. The first kappa shape index (κ1) is 9.00. The van der Waals surface area contributed by atoms with Crippen LogP contribution in [0.25, 0.3) is 0 Å². The normalized spacial score (nSPS) is 27.6. The molecule has 13 heavy (non-hydrogen) atoms.